The lowest BCUT2D eigenvalue weighted by Crippen LogP contribution is -2.22. The molecule has 5 aromatic rings. The molecular weight excluding hydrogens is 426 g/mol. The number of anilines is 2. The first-order chi connectivity index (χ1) is 15.0. The zero-order valence-electron chi connectivity index (χ0n) is 16.1. The second-order valence-electron chi connectivity index (χ2n) is 6.96. The summed E-state index contributed by atoms with van der Waals surface area (Å²) in [6.07, 6.45) is 0. The van der Waals surface area contributed by atoms with Gasteiger partial charge in [0.1, 0.15) is 11.7 Å². The van der Waals surface area contributed by atoms with Crippen molar-refractivity contribution in [3.8, 4) is 17.4 Å². The van der Waals surface area contributed by atoms with E-state index >= 15 is 0 Å². The first-order valence-electron chi connectivity index (χ1n) is 9.36. The van der Waals surface area contributed by atoms with Crippen molar-refractivity contribution in [3.63, 3.8) is 0 Å². The standard InChI is InChI=1S/C23H15N5OS2/c24-12-16-17(25)11-15-18(19(16)26)22(29)27(13-7-3-1-4-8-13)21-20(15)31-23(30)28(21)14-9-5-2-6-10-14/h1-11H,25-26H2. The molecule has 0 atom stereocenters. The molecule has 0 bridgehead atoms. The number of nitrogen functional groups attached to an aromatic ring is 2. The molecule has 4 N–H and O–H groups in total. The lowest BCUT2D eigenvalue weighted by Gasteiger charge is -2.15. The fourth-order valence-electron chi connectivity index (χ4n) is 3.83. The number of benzene rings is 3. The summed E-state index contributed by atoms with van der Waals surface area (Å²) < 4.78 is 4.84. The van der Waals surface area contributed by atoms with Gasteiger partial charge < -0.3 is 11.5 Å². The van der Waals surface area contributed by atoms with E-state index in [9.17, 15) is 10.1 Å². The van der Waals surface area contributed by atoms with Crippen molar-refractivity contribution in [1.82, 2.24) is 9.13 Å². The second kappa shape index (κ2) is 7.09. The summed E-state index contributed by atoms with van der Waals surface area (Å²) >= 11 is 7.09. The maximum absolute atomic E-state index is 13.8. The summed E-state index contributed by atoms with van der Waals surface area (Å²) in [5.41, 5.74) is 14.6. The lowest BCUT2D eigenvalue weighted by molar-refractivity contribution is 0.978. The molecule has 0 fully saturated rings. The van der Waals surface area contributed by atoms with Crippen LogP contribution in [0.1, 0.15) is 5.56 Å². The smallest absolute Gasteiger partial charge is 0.266 e. The topological polar surface area (TPSA) is 103 Å². The van der Waals surface area contributed by atoms with Gasteiger partial charge in [-0.05, 0) is 42.5 Å². The summed E-state index contributed by atoms with van der Waals surface area (Å²) in [5.74, 6) is 0. The van der Waals surface area contributed by atoms with E-state index in [1.54, 1.807) is 10.6 Å². The van der Waals surface area contributed by atoms with Crippen molar-refractivity contribution >= 4 is 56.0 Å². The van der Waals surface area contributed by atoms with Gasteiger partial charge in [-0.25, -0.2) is 0 Å². The van der Waals surface area contributed by atoms with Crippen LogP contribution in [0.5, 0.6) is 0 Å². The molecule has 0 amide bonds. The molecule has 5 rings (SSSR count). The highest BCUT2D eigenvalue weighted by Crippen LogP contribution is 2.37. The molecular formula is C23H15N5OS2. The van der Waals surface area contributed by atoms with Gasteiger partial charge in [0.2, 0.25) is 0 Å². The Hall–Kier alpha value is -3.93. The summed E-state index contributed by atoms with van der Waals surface area (Å²) in [7, 11) is 0. The zero-order valence-corrected chi connectivity index (χ0v) is 17.7. The number of thiazole rings is 1. The normalized spacial score (nSPS) is 11.1. The fourth-order valence-corrected chi connectivity index (χ4v) is 5.28. The quantitative estimate of drug-likeness (QED) is 0.304. The number of fused-ring (bicyclic) bond motifs is 3. The van der Waals surface area contributed by atoms with E-state index in [4.69, 9.17) is 23.7 Å². The van der Waals surface area contributed by atoms with Crippen LogP contribution in [0.15, 0.2) is 71.5 Å². The van der Waals surface area contributed by atoms with E-state index in [0.29, 0.717) is 20.7 Å². The molecule has 0 saturated carbocycles. The third-order valence-corrected chi connectivity index (χ3v) is 6.59. The Morgan fingerprint density at radius 2 is 1.52 bits per heavy atom. The number of hydrogen-bond acceptors (Lipinski definition) is 6. The number of rotatable bonds is 2. The zero-order chi connectivity index (χ0) is 21.7. The van der Waals surface area contributed by atoms with Crippen molar-refractivity contribution < 1.29 is 0 Å². The predicted molar refractivity (Wildman–Crippen MR) is 129 cm³/mol. The van der Waals surface area contributed by atoms with Crippen LogP contribution in [0.3, 0.4) is 0 Å². The predicted octanol–water partition coefficient (Wildman–Crippen LogP) is 4.76. The first-order valence-corrected chi connectivity index (χ1v) is 10.6. The van der Waals surface area contributed by atoms with E-state index in [1.807, 2.05) is 71.3 Å². The van der Waals surface area contributed by atoms with E-state index in [-0.39, 0.29) is 27.9 Å². The monoisotopic (exact) mass is 441 g/mol. The van der Waals surface area contributed by atoms with Gasteiger partial charge in [-0.15, -0.1) is 11.3 Å². The van der Waals surface area contributed by atoms with Crippen LogP contribution in [0.25, 0.3) is 32.5 Å². The molecule has 2 heterocycles. The number of pyridine rings is 1. The first kappa shape index (κ1) is 19.1. The summed E-state index contributed by atoms with van der Waals surface area (Å²) in [6, 6.07) is 22.6. The summed E-state index contributed by atoms with van der Waals surface area (Å²) in [4.78, 5) is 13.8. The van der Waals surface area contributed by atoms with Crippen LogP contribution in [0.2, 0.25) is 0 Å². The van der Waals surface area contributed by atoms with Crippen molar-refractivity contribution in [3.05, 3.63) is 86.6 Å². The molecule has 8 heteroatoms. The summed E-state index contributed by atoms with van der Waals surface area (Å²) in [5, 5.41) is 10.4. The van der Waals surface area contributed by atoms with Crippen molar-refractivity contribution in [2.45, 2.75) is 0 Å². The van der Waals surface area contributed by atoms with E-state index < -0.39 is 0 Å². The van der Waals surface area contributed by atoms with Gasteiger partial charge in [0.05, 0.1) is 32.7 Å². The number of aromatic nitrogens is 2. The van der Waals surface area contributed by atoms with E-state index in [1.165, 1.54) is 11.3 Å². The minimum atomic E-state index is -0.333. The SMILES string of the molecule is N#Cc1c(N)cc2c(c1N)c(=O)n(-c1ccccc1)c1c2sc(=S)n1-c1ccccc1. The molecule has 0 radical (unpaired) electrons. The molecule has 0 aliphatic rings. The molecule has 31 heavy (non-hydrogen) atoms. The van der Waals surface area contributed by atoms with E-state index in [0.717, 1.165) is 10.4 Å². The Balaban J connectivity index is 2.11. The van der Waals surface area contributed by atoms with Gasteiger partial charge in [0.15, 0.2) is 3.95 Å². The molecule has 0 aliphatic heterocycles. The number of hydrogen-bond donors (Lipinski definition) is 2. The van der Waals surface area contributed by atoms with Crippen LogP contribution in [-0.2, 0) is 0 Å². The molecule has 0 saturated heterocycles. The Morgan fingerprint density at radius 3 is 2.10 bits per heavy atom. The van der Waals surface area contributed by atoms with Gasteiger partial charge >= 0.3 is 0 Å². The largest absolute Gasteiger partial charge is 0.398 e. The molecule has 0 spiro atoms. The van der Waals surface area contributed by atoms with Crippen LogP contribution in [0.4, 0.5) is 11.4 Å². The van der Waals surface area contributed by atoms with E-state index in [2.05, 4.69) is 0 Å². The minimum absolute atomic E-state index is 0.0830. The highest BCUT2D eigenvalue weighted by molar-refractivity contribution is 7.73. The van der Waals surface area contributed by atoms with Crippen LogP contribution in [0, 0.1) is 15.3 Å². The van der Waals surface area contributed by atoms with Gasteiger partial charge in [0.25, 0.3) is 5.56 Å². The Kier molecular flexibility index (Phi) is 4.36. The lowest BCUT2D eigenvalue weighted by atomic mass is 10.0. The maximum Gasteiger partial charge on any atom is 0.266 e. The average Bonchev–Trinajstić information content (AvgIpc) is 3.12. The number of nitrogens with two attached hydrogens (primary N) is 2. The van der Waals surface area contributed by atoms with Crippen LogP contribution >= 0.6 is 23.6 Å². The van der Waals surface area contributed by atoms with Gasteiger partial charge in [-0.3, -0.25) is 13.9 Å². The van der Waals surface area contributed by atoms with Gasteiger partial charge in [-0.1, -0.05) is 36.4 Å². The molecule has 2 aromatic heterocycles. The average molecular weight is 442 g/mol. The molecule has 150 valence electrons. The van der Waals surface area contributed by atoms with Crippen molar-refractivity contribution in [2.24, 2.45) is 0 Å². The van der Waals surface area contributed by atoms with Crippen molar-refractivity contribution in [1.29, 1.82) is 5.26 Å². The Morgan fingerprint density at radius 1 is 0.935 bits per heavy atom. The van der Waals surface area contributed by atoms with Crippen LogP contribution in [-0.4, -0.2) is 9.13 Å². The van der Waals surface area contributed by atoms with Gasteiger partial charge in [0, 0.05) is 11.1 Å². The van der Waals surface area contributed by atoms with Crippen LogP contribution < -0.4 is 17.0 Å². The number of nitrogens with zero attached hydrogens (tertiary/aromatic N) is 3. The molecule has 0 unspecified atom stereocenters. The number of para-hydroxylation sites is 2. The Bertz CT molecular complexity index is 1640. The second-order valence-corrected chi connectivity index (χ2v) is 8.60. The fraction of sp³-hybridized carbons (Fsp3) is 0. The highest BCUT2D eigenvalue weighted by Gasteiger charge is 2.22. The maximum atomic E-state index is 13.8. The molecule has 3 aromatic carbocycles. The van der Waals surface area contributed by atoms with Gasteiger partial charge in [-0.2, -0.15) is 5.26 Å². The molecule has 6 nitrogen and oxygen atoms in total. The van der Waals surface area contributed by atoms with Crippen molar-refractivity contribution in [2.75, 3.05) is 11.5 Å². The Labute approximate surface area is 185 Å². The molecule has 0 aliphatic carbocycles. The number of nitriles is 1. The third-order valence-electron chi connectivity index (χ3n) is 5.20. The summed E-state index contributed by atoms with van der Waals surface area (Å²) in [6.45, 7) is 0. The highest BCUT2D eigenvalue weighted by atomic mass is 32.1. The minimum Gasteiger partial charge on any atom is -0.398 e. The third kappa shape index (κ3) is 2.75.